The Hall–Kier alpha value is -1.27. The van der Waals surface area contributed by atoms with Gasteiger partial charge in [0.25, 0.3) is 0 Å². The monoisotopic (exact) mass is 238 g/mol. The molecular formula is C10H7BrO2. The van der Waals surface area contributed by atoms with Gasteiger partial charge in [0.05, 0.1) is 0 Å². The lowest BCUT2D eigenvalue weighted by molar-refractivity contribution is -0.130. The maximum absolute atomic E-state index is 10.1. The van der Waals surface area contributed by atoms with E-state index in [1.165, 1.54) is 0 Å². The van der Waals surface area contributed by atoms with Crippen LogP contribution in [0, 0.1) is 18.8 Å². The van der Waals surface area contributed by atoms with Crippen molar-refractivity contribution in [3.63, 3.8) is 0 Å². The highest BCUT2D eigenvalue weighted by molar-refractivity contribution is 9.10. The SMILES string of the molecule is Cc1cc(C#CC(=O)O)ccc1Br. The average Bonchev–Trinajstić information content (AvgIpc) is 2.07. The molecule has 0 aromatic heterocycles. The summed E-state index contributed by atoms with van der Waals surface area (Å²) >= 11 is 3.34. The quantitative estimate of drug-likeness (QED) is 0.704. The molecule has 0 spiro atoms. The van der Waals surface area contributed by atoms with Gasteiger partial charge in [-0.15, -0.1) is 0 Å². The molecule has 0 aliphatic heterocycles. The van der Waals surface area contributed by atoms with Crippen molar-refractivity contribution < 1.29 is 9.90 Å². The van der Waals surface area contributed by atoms with E-state index in [0.29, 0.717) is 5.56 Å². The Morgan fingerprint density at radius 2 is 2.23 bits per heavy atom. The molecule has 3 heteroatoms. The number of aryl methyl sites for hydroxylation is 1. The van der Waals surface area contributed by atoms with Gasteiger partial charge in [0.15, 0.2) is 0 Å². The third-order valence-electron chi connectivity index (χ3n) is 1.47. The minimum atomic E-state index is -1.11. The molecule has 1 N–H and O–H groups in total. The molecule has 0 saturated carbocycles. The lowest BCUT2D eigenvalue weighted by Crippen LogP contribution is -1.87. The van der Waals surface area contributed by atoms with E-state index in [1.807, 2.05) is 19.1 Å². The first-order chi connectivity index (χ1) is 6.09. The van der Waals surface area contributed by atoms with E-state index in [0.717, 1.165) is 10.0 Å². The molecule has 1 aromatic rings. The number of benzene rings is 1. The van der Waals surface area contributed by atoms with E-state index < -0.39 is 5.97 Å². The minimum absolute atomic E-state index is 0.711. The van der Waals surface area contributed by atoms with Gasteiger partial charge in [0, 0.05) is 16.0 Å². The number of rotatable bonds is 0. The molecule has 1 aromatic carbocycles. The molecule has 0 aliphatic rings. The van der Waals surface area contributed by atoms with Crippen LogP contribution in [0.4, 0.5) is 0 Å². The molecule has 0 amide bonds. The lowest BCUT2D eigenvalue weighted by atomic mass is 10.1. The van der Waals surface area contributed by atoms with Crippen molar-refractivity contribution >= 4 is 21.9 Å². The number of carbonyl (C=O) groups is 1. The molecule has 0 unspecified atom stereocenters. The molecule has 0 heterocycles. The van der Waals surface area contributed by atoms with Crippen LogP contribution >= 0.6 is 15.9 Å². The van der Waals surface area contributed by atoms with Crippen LogP contribution in [0.2, 0.25) is 0 Å². The Balaban J connectivity index is 3.00. The first-order valence-corrected chi connectivity index (χ1v) is 4.40. The van der Waals surface area contributed by atoms with Crippen molar-refractivity contribution in [1.82, 2.24) is 0 Å². The fourth-order valence-electron chi connectivity index (χ4n) is 0.848. The number of hydrogen-bond donors (Lipinski definition) is 1. The van der Waals surface area contributed by atoms with Gasteiger partial charge in [-0.25, -0.2) is 4.79 Å². The van der Waals surface area contributed by atoms with E-state index in [4.69, 9.17) is 5.11 Å². The third kappa shape index (κ3) is 2.92. The van der Waals surface area contributed by atoms with E-state index in [-0.39, 0.29) is 0 Å². The number of hydrogen-bond acceptors (Lipinski definition) is 1. The molecule has 0 bridgehead atoms. The van der Waals surface area contributed by atoms with Crippen LogP contribution in [0.25, 0.3) is 0 Å². The fourth-order valence-corrected chi connectivity index (χ4v) is 1.09. The van der Waals surface area contributed by atoms with Crippen molar-refractivity contribution in [3.05, 3.63) is 33.8 Å². The average molecular weight is 239 g/mol. The molecule has 0 aliphatic carbocycles. The lowest BCUT2D eigenvalue weighted by Gasteiger charge is -1.96. The number of carboxylic acids is 1. The molecule has 0 saturated heterocycles. The van der Waals surface area contributed by atoms with Crippen LogP contribution in [0.1, 0.15) is 11.1 Å². The Kier molecular flexibility index (Phi) is 3.10. The van der Waals surface area contributed by atoms with Crippen LogP contribution in [0.5, 0.6) is 0 Å². The summed E-state index contributed by atoms with van der Waals surface area (Å²) in [4.78, 5) is 10.1. The van der Waals surface area contributed by atoms with Crippen LogP contribution in [0.3, 0.4) is 0 Å². The van der Waals surface area contributed by atoms with E-state index in [2.05, 4.69) is 27.8 Å². The zero-order valence-electron chi connectivity index (χ0n) is 6.97. The maximum atomic E-state index is 10.1. The van der Waals surface area contributed by atoms with Crippen molar-refractivity contribution in [2.75, 3.05) is 0 Å². The molecule has 0 radical (unpaired) electrons. The summed E-state index contributed by atoms with van der Waals surface area (Å²) in [5, 5.41) is 8.32. The second kappa shape index (κ2) is 4.11. The number of halogens is 1. The highest BCUT2D eigenvalue weighted by atomic mass is 79.9. The summed E-state index contributed by atoms with van der Waals surface area (Å²) in [6.45, 7) is 1.93. The smallest absolute Gasteiger partial charge is 0.382 e. The second-order valence-corrected chi connectivity index (χ2v) is 3.37. The summed E-state index contributed by atoms with van der Waals surface area (Å²) < 4.78 is 0.994. The van der Waals surface area contributed by atoms with Gasteiger partial charge in [-0.3, -0.25) is 0 Å². The Morgan fingerprint density at radius 1 is 1.54 bits per heavy atom. The van der Waals surface area contributed by atoms with Gasteiger partial charge in [-0.05, 0) is 30.7 Å². The normalized spacial score (nSPS) is 8.77. The summed E-state index contributed by atoms with van der Waals surface area (Å²) in [5.74, 6) is 3.49. The zero-order chi connectivity index (χ0) is 9.84. The molecule has 0 fully saturated rings. The number of aliphatic carboxylic acids is 1. The second-order valence-electron chi connectivity index (χ2n) is 2.52. The van der Waals surface area contributed by atoms with Crippen LogP contribution in [-0.4, -0.2) is 11.1 Å². The minimum Gasteiger partial charge on any atom is -0.472 e. The predicted molar refractivity (Wildman–Crippen MR) is 53.4 cm³/mol. The predicted octanol–water partition coefficient (Wildman–Crippen LogP) is 2.19. The highest BCUT2D eigenvalue weighted by Crippen LogP contribution is 2.16. The Labute approximate surface area is 84.7 Å². The van der Waals surface area contributed by atoms with Crippen LogP contribution < -0.4 is 0 Å². The van der Waals surface area contributed by atoms with E-state index >= 15 is 0 Å². The topological polar surface area (TPSA) is 37.3 Å². The summed E-state index contributed by atoms with van der Waals surface area (Å²) in [7, 11) is 0. The summed E-state index contributed by atoms with van der Waals surface area (Å²) in [5.41, 5.74) is 1.75. The van der Waals surface area contributed by atoms with Gasteiger partial charge < -0.3 is 5.11 Å². The van der Waals surface area contributed by atoms with Crippen molar-refractivity contribution in [2.45, 2.75) is 6.92 Å². The number of carboxylic acid groups (broad SMARTS) is 1. The van der Waals surface area contributed by atoms with Crippen LogP contribution in [0.15, 0.2) is 22.7 Å². The first kappa shape index (κ1) is 9.82. The van der Waals surface area contributed by atoms with Crippen molar-refractivity contribution in [3.8, 4) is 11.8 Å². The standard InChI is InChI=1S/C10H7BrO2/c1-7-6-8(2-4-9(7)11)3-5-10(12)13/h2,4,6H,1H3,(H,12,13). The molecule has 0 atom stereocenters. The van der Waals surface area contributed by atoms with Crippen molar-refractivity contribution in [1.29, 1.82) is 0 Å². The molecule has 66 valence electrons. The van der Waals surface area contributed by atoms with Gasteiger partial charge in [-0.2, -0.15) is 0 Å². The maximum Gasteiger partial charge on any atom is 0.382 e. The Bertz CT molecular complexity index is 399. The van der Waals surface area contributed by atoms with Gasteiger partial charge in [0.2, 0.25) is 0 Å². The highest BCUT2D eigenvalue weighted by Gasteiger charge is 1.94. The zero-order valence-corrected chi connectivity index (χ0v) is 8.55. The van der Waals surface area contributed by atoms with Gasteiger partial charge in [-0.1, -0.05) is 21.9 Å². The molecular weight excluding hydrogens is 232 g/mol. The van der Waals surface area contributed by atoms with Crippen molar-refractivity contribution in [2.24, 2.45) is 0 Å². The molecule has 2 nitrogen and oxygen atoms in total. The van der Waals surface area contributed by atoms with Crippen LogP contribution in [-0.2, 0) is 4.79 Å². The first-order valence-electron chi connectivity index (χ1n) is 3.60. The van der Waals surface area contributed by atoms with E-state index in [1.54, 1.807) is 6.07 Å². The summed E-state index contributed by atoms with van der Waals surface area (Å²) in [6.07, 6.45) is 0. The summed E-state index contributed by atoms with van der Waals surface area (Å²) in [6, 6.07) is 5.45. The Morgan fingerprint density at radius 3 is 2.77 bits per heavy atom. The molecule has 1 rings (SSSR count). The van der Waals surface area contributed by atoms with Gasteiger partial charge in [0.1, 0.15) is 0 Å². The van der Waals surface area contributed by atoms with E-state index in [9.17, 15) is 4.79 Å². The fraction of sp³-hybridized carbons (Fsp3) is 0.100. The van der Waals surface area contributed by atoms with Gasteiger partial charge >= 0.3 is 5.97 Å². The molecule has 13 heavy (non-hydrogen) atoms. The largest absolute Gasteiger partial charge is 0.472 e. The third-order valence-corrected chi connectivity index (χ3v) is 2.36.